The van der Waals surface area contributed by atoms with Gasteiger partial charge in [-0.05, 0) is 176 Å². The molecule has 0 bridgehead atoms. The Morgan fingerprint density at radius 3 is 0.821 bits per heavy atom. The molecule has 0 rings (SSSR count). The first-order valence-corrected chi connectivity index (χ1v) is 23.6. The fraction of sp³-hybridized carbons (Fsp3) is 0.709. The lowest BCUT2D eigenvalue weighted by Gasteiger charge is -2.15. The summed E-state index contributed by atoms with van der Waals surface area (Å²) < 4.78 is 0. The van der Waals surface area contributed by atoms with Gasteiger partial charge < -0.3 is 5.11 Å². The van der Waals surface area contributed by atoms with Crippen LogP contribution in [-0.4, -0.2) is 11.7 Å². The lowest BCUT2D eigenvalue weighted by atomic mass is 9.91. The predicted octanol–water partition coefficient (Wildman–Crippen LogP) is 18.4. The van der Waals surface area contributed by atoms with E-state index in [9.17, 15) is 0 Å². The molecule has 0 fully saturated rings. The van der Waals surface area contributed by atoms with Gasteiger partial charge in [-0.1, -0.05) is 166 Å². The van der Waals surface area contributed by atoms with Crippen LogP contribution >= 0.6 is 0 Å². The van der Waals surface area contributed by atoms with Gasteiger partial charge >= 0.3 is 0 Å². The van der Waals surface area contributed by atoms with Crippen LogP contribution in [-0.2, 0) is 0 Å². The molecule has 2 atom stereocenters. The van der Waals surface area contributed by atoms with Crippen LogP contribution in [0, 0.1) is 17.8 Å². The van der Waals surface area contributed by atoms with E-state index in [0.717, 1.165) is 69.1 Å². The van der Waals surface area contributed by atoms with Gasteiger partial charge in [0.05, 0.1) is 6.61 Å². The highest BCUT2D eigenvalue weighted by atomic mass is 16.2. The third-order valence-electron chi connectivity index (χ3n) is 11.8. The van der Waals surface area contributed by atoms with Gasteiger partial charge in [0, 0.05) is 0 Å². The highest BCUT2D eigenvalue weighted by molar-refractivity contribution is 5.10. The minimum atomic E-state index is 0.151. The summed E-state index contributed by atoms with van der Waals surface area (Å²) >= 11 is 0. The fourth-order valence-corrected chi connectivity index (χ4v) is 7.50. The fourth-order valence-electron chi connectivity index (χ4n) is 7.50. The van der Waals surface area contributed by atoms with Crippen LogP contribution in [0.3, 0.4) is 0 Å². The van der Waals surface area contributed by atoms with Gasteiger partial charge in [0.1, 0.15) is 0 Å². The number of hydrogen-bond donors (Lipinski definition) is 1. The molecule has 2 unspecified atom stereocenters. The van der Waals surface area contributed by atoms with Crippen molar-refractivity contribution in [3.8, 4) is 0 Å². The maximum absolute atomic E-state index is 8.99. The SMILES string of the molecule is C/C(=C\CO)CC/C=C(\C)CC/C=C(\C)CC/C=C(\C)CC/C=C(\C)CC/C=C(\C)CC/C=C(\C)CC/C=C(\C)CCCC(C)CCCC(C)CCCC(C)C. The summed E-state index contributed by atoms with van der Waals surface area (Å²) in [6, 6.07) is 0. The van der Waals surface area contributed by atoms with E-state index in [1.54, 1.807) is 11.1 Å². The van der Waals surface area contributed by atoms with E-state index in [-0.39, 0.29) is 6.61 Å². The van der Waals surface area contributed by atoms with Crippen LogP contribution in [0.2, 0.25) is 0 Å². The lowest BCUT2D eigenvalue weighted by Crippen LogP contribution is -2.00. The monoisotopic (exact) mass is 773 g/mol. The highest BCUT2D eigenvalue weighted by Gasteiger charge is 2.07. The molecule has 56 heavy (non-hydrogen) atoms. The molecule has 0 spiro atoms. The van der Waals surface area contributed by atoms with Crippen molar-refractivity contribution in [1.29, 1.82) is 0 Å². The molecule has 0 aromatic heterocycles. The molecule has 0 aliphatic rings. The van der Waals surface area contributed by atoms with Crippen LogP contribution in [0.5, 0.6) is 0 Å². The Hall–Kier alpha value is -2.12. The maximum atomic E-state index is 8.99. The van der Waals surface area contributed by atoms with E-state index in [1.807, 2.05) is 6.08 Å². The quantitative estimate of drug-likeness (QED) is 0.0646. The molecule has 0 aliphatic carbocycles. The maximum Gasteiger partial charge on any atom is 0.0614 e. The van der Waals surface area contributed by atoms with Crippen molar-refractivity contribution in [2.75, 3.05) is 6.61 Å². The molecule has 322 valence electrons. The van der Waals surface area contributed by atoms with Crippen molar-refractivity contribution in [3.05, 3.63) is 93.2 Å². The zero-order valence-electron chi connectivity index (χ0n) is 39.8. The minimum Gasteiger partial charge on any atom is -0.392 e. The van der Waals surface area contributed by atoms with Gasteiger partial charge in [-0.3, -0.25) is 0 Å². The minimum absolute atomic E-state index is 0.151. The Morgan fingerprint density at radius 2 is 0.554 bits per heavy atom. The van der Waals surface area contributed by atoms with Crippen molar-refractivity contribution in [2.45, 2.75) is 231 Å². The zero-order valence-corrected chi connectivity index (χ0v) is 39.8. The summed E-state index contributed by atoms with van der Waals surface area (Å²) in [5.74, 6) is 2.64. The van der Waals surface area contributed by atoms with Crippen LogP contribution < -0.4 is 0 Å². The first kappa shape index (κ1) is 53.9. The largest absolute Gasteiger partial charge is 0.392 e. The smallest absolute Gasteiger partial charge is 0.0614 e. The molecule has 0 heterocycles. The van der Waals surface area contributed by atoms with Gasteiger partial charge in [0.2, 0.25) is 0 Å². The molecule has 0 aliphatic heterocycles. The van der Waals surface area contributed by atoms with E-state index in [4.69, 9.17) is 5.11 Å². The van der Waals surface area contributed by atoms with Gasteiger partial charge in [-0.15, -0.1) is 0 Å². The number of aliphatic hydroxyl groups excluding tert-OH is 1. The Balaban J connectivity index is 4.16. The second-order valence-electron chi connectivity index (χ2n) is 18.7. The van der Waals surface area contributed by atoms with Crippen molar-refractivity contribution in [1.82, 2.24) is 0 Å². The summed E-state index contributed by atoms with van der Waals surface area (Å²) in [6.45, 7) is 28.0. The van der Waals surface area contributed by atoms with Crippen LogP contribution in [0.25, 0.3) is 0 Å². The average molecular weight is 773 g/mol. The van der Waals surface area contributed by atoms with Crippen molar-refractivity contribution in [2.24, 2.45) is 17.8 Å². The molecule has 1 nitrogen and oxygen atoms in total. The molecule has 1 N–H and O–H groups in total. The molecule has 0 radical (unpaired) electrons. The van der Waals surface area contributed by atoms with Gasteiger partial charge in [0.15, 0.2) is 0 Å². The van der Waals surface area contributed by atoms with E-state index in [1.165, 1.54) is 130 Å². The summed E-state index contributed by atoms with van der Waals surface area (Å²) in [4.78, 5) is 0. The van der Waals surface area contributed by atoms with Crippen molar-refractivity contribution in [3.63, 3.8) is 0 Å². The molecular weight excluding hydrogens is 677 g/mol. The molecule has 0 aromatic rings. The van der Waals surface area contributed by atoms with Crippen molar-refractivity contribution >= 4 is 0 Å². The van der Waals surface area contributed by atoms with E-state index in [2.05, 4.69) is 126 Å². The highest BCUT2D eigenvalue weighted by Crippen LogP contribution is 2.23. The Kier molecular flexibility index (Phi) is 34.6. The lowest BCUT2D eigenvalue weighted by molar-refractivity contribution is 0.341. The molecule has 0 saturated heterocycles. The van der Waals surface area contributed by atoms with Crippen LogP contribution in [0.1, 0.15) is 231 Å². The number of rotatable bonds is 34. The normalized spacial score (nSPS) is 15.7. The number of aliphatic hydroxyl groups is 1. The Morgan fingerprint density at radius 1 is 0.321 bits per heavy atom. The number of allylic oxidation sites excluding steroid dienone is 15. The molecule has 0 aromatic carbocycles. The number of hydrogen-bond acceptors (Lipinski definition) is 1. The van der Waals surface area contributed by atoms with Gasteiger partial charge in [0.25, 0.3) is 0 Å². The molecule has 0 amide bonds. The Bertz CT molecular complexity index is 1240. The third kappa shape index (κ3) is 36.2. The van der Waals surface area contributed by atoms with Gasteiger partial charge in [-0.25, -0.2) is 0 Å². The van der Waals surface area contributed by atoms with Crippen molar-refractivity contribution < 1.29 is 5.11 Å². The summed E-state index contributed by atoms with van der Waals surface area (Å²) in [5.41, 5.74) is 12.0. The first-order valence-electron chi connectivity index (χ1n) is 23.6. The summed E-state index contributed by atoms with van der Waals surface area (Å²) in [6.07, 6.45) is 47.7. The first-order chi connectivity index (χ1) is 26.7. The summed E-state index contributed by atoms with van der Waals surface area (Å²) in [7, 11) is 0. The molecule has 0 saturated carbocycles. The van der Waals surface area contributed by atoms with E-state index < -0.39 is 0 Å². The second-order valence-corrected chi connectivity index (χ2v) is 18.7. The molecule has 1 heteroatoms. The predicted molar refractivity (Wildman–Crippen MR) is 256 cm³/mol. The topological polar surface area (TPSA) is 20.2 Å². The Labute approximate surface area is 352 Å². The van der Waals surface area contributed by atoms with E-state index >= 15 is 0 Å². The summed E-state index contributed by atoms with van der Waals surface area (Å²) in [5, 5.41) is 8.99. The van der Waals surface area contributed by atoms with Crippen LogP contribution in [0.4, 0.5) is 0 Å². The van der Waals surface area contributed by atoms with Crippen LogP contribution in [0.15, 0.2) is 93.2 Å². The van der Waals surface area contributed by atoms with Gasteiger partial charge in [-0.2, -0.15) is 0 Å². The third-order valence-corrected chi connectivity index (χ3v) is 11.8. The molecular formula is C55H96O. The van der Waals surface area contributed by atoms with E-state index in [0.29, 0.717) is 0 Å². The second kappa shape index (κ2) is 36.0. The zero-order chi connectivity index (χ0) is 42.0. The average Bonchev–Trinajstić information content (AvgIpc) is 3.11. The standard InChI is InChI=1S/C55H96O/c1-45(2)23-13-24-46(3)25-14-26-47(4)27-15-28-48(5)29-16-30-49(6)31-17-32-50(7)33-18-34-51(8)35-19-36-52(9)37-20-38-53(10)39-21-40-54(11)41-22-42-55(12)43-44-56/h29,31,33,35,37,39,41,43,45-47,56H,13-28,30,32,34,36,38,40,42,44H2,1-12H3/b48-29+,49-31+,50-33+,51-35+,52-37+,53-39+,54-41+,55-43+.